The van der Waals surface area contributed by atoms with Crippen LogP contribution in [0.1, 0.15) is 38.5 Å². The molecule has 0 aromatic carbocycles. The van der Waals surface area contributed by atoms with E-state index >= 15 is 0 Å². The lowest BCUT2D eigenvalue weighted by Crippen LogP contribution is -2.50. The average molecular weight is 309 g/mol. The maximum atomic E-state index is 12.7. The van der Waals surface area contributed by atoms with Gasteiger partial charge in [0.1, 0.15) is 0 Å². The van der Waals surface area contributed by atoms with E-state index in [-0.39, 0.29) is 12.3 Å². The van der Waals surface area contributed by atoms with Crippen LogP contribution in [0, 0.1) is 5.92 Å². The summed E-state index contributed by atoms with van der Waals surface area (Å²) in [5.74, 6) is 0.191. The molecule has 1 aliphatic carbocycles. The normalized spacial score (nSPS) is 19.6. The molecule has 1 aliphatic rings. The summed E-state index contributed by atoms with van der Waals surface area (Å²) >= 11 is 0. The smallest absolute Gasteiger partial charge is 0.210 e. The third-order valence-electron chi connectivity index (χ3n) is 3.24. The highest BCUT2D eigenvalue weighted by molar-refractivity contribution is 7.90. The molecule has 0 spiro atoms. The third kappa shape index (κ3) is 4.01. The Bertz CT molecular complexity index is 387. The molecule has 1 N–H and O–H groups in total. The van der Waals surface area contributed by atoms with Crippen molar-refractivity contribution in [2.45, 2.75) is 50.0 Å². The Labute approximate surface area is 108 Å². The Morgan fingerprint density at radius 2 is 1.53 bits per heavy atom. The summed E-state index contributed by atoms with van der Waals surface area (Å²) < 4.78 is 84.5. The summed E-state index contributed by atoms with van der Waals surface area (Å²) in [6.07, 6.45) is -1.06. The predicted molar refractivity (Wildman–Crippen MR) is 59.1 cm³/mol. The van der Waals surface area contributed by atoms with E-state index in [1.54, 1.807) is 0 Å². The standard InChI is InChI=1S/C10H16F5NO2S/c11-9(12,13)10(14,15)19(17,18)16-7-6-8-4-2-1-3-5-8/h8,16H,1-7H2. The summed E-state index contributed by atoms with van der Waals surface area (Å²) in [7, 11) is -5.73. The largest absolute Gasteiger partial charge is 0.470 e. The van der Waals surface area contributed by atoms with Gasteiger partial charge in [-0.2, -0.15) is 22.0 Å². The fourth-order valence-electron chi connectivity index (χ4n) is 2.12. The van der Waals surface area contributed by atoms with Gasteiger partial charge >= 0.3 is 11.4 Å². The van der Waals surface area contributed by atoms with Crippen LogP contribution < -0.4 is 4.72 Å². The summed E-state index contributed by atoms with van der Waals surface area (Å²) in [5, 5.41) is -5.76. The molecule has 19 heavy (non-hydrogen) atoms. The molecule has 1 fully saturated rings. The van der Waals surface area contributed by atoms with Gasteiger partial charge in [0.25, 0.3) is 10.0 Å². The van der Waals surface area contributed by atoms with Gasteiger partial charge in [0.15, 0.2) is 0 Å². The van der Waals surface area contributed by atoms with Crippen LogP contribution >= 0.6 is 0 Å². The van der Waals surface area contributed by atoms with Crippen LogP contribution in [-0.2, 0) is 10.0 Å². The molecule has 0 aromatic heterocycles. The Hall–Kier alpha value is -0.440. The van der Waals surface area contributed by atoms with Crippen LogP contribution in [0.4, 0.5) is 22.0 Å². The van der Waals surface area contributed by atoms with Crippen LogP contribution in [0.2, 0.25) is 0 Å². The second-order valence-corrected chi connectivity index (χ2v) is 6.51. The van der Waals surface area contributed by atoms with Crippen molar-refractivity contribution in [2.24, 2.45) is 5.92 Å². The molecule has 114 valence electrons. The zero-order chi connectivity index (χ0) is 14.7. The lowest BCUT2D eigenvalue weighted by atomic mass is 9.87. The lowest BCUT2D eigenvalue weighted by molar-refractivity contribution is -0.241. The molecule has 0 aromatic rings. The van der Waals surface area contributed by atoms with E-state index in [1.807, 2.05) is 0 Å². The maximum absolute atomic E-state index is 12.7. The van der Waals surface area contributed by atoms with Crippen molar-refractivity contribution < 1.29 is 30.4 Å². The Balaban J connectivity index is 2.51. The van der Waals surface area contributed by atoms with E-state index in [4.69, 9.17) is 0 Å². The zero-order valence-corrected chi connectivity index (χ0v) is 11.0. The fraction of sp³-hybridized carbons (Fsp3) is 1.00. The van der Waals surface area contributed by atoms with Crippen molar-refractivity contribution >= 4 is 10.0 Å². The average Bonchev–Trinajstić information content (AvgIpc) is 2.28. The minimum absolute atomic E-state index is 0.191. The van der Waals surface area contributed by atoms with E-state index in [0.29, 0.717) is 0 Å². The van der Waals surface area contributed by atoms with Gasteiger partial charge in [0.2, 0.25) is 0 Å². The number of nitrogens with one attached hydrogen (secondary N) is 1. The minimum atomic E-state index is -6.11. The van der Waals surface area contributed by atoms with E-state index in [1.165, 1.54) is 4.72 Å². The molecule has 0 bridgehead atoms. The van der Waals surface area contributed by atoms with E-state index in [9.17, 15) is 30.4 Å². The van der Waals surface area contributed by atoms with Crippen LogP contribution in [-0.4, -0.2) is 26.4 Å². The van der Waals surface area contributed by atoms with Gasteiger partial charge in [-0.25, -0.2) is 13.1 Å². The summed E-state index contributed by atoms with van der Waals surface area (Å²) in [6, 6.07) is 0. The number of rotatable bonds is 5. The van der Waals surface area contributed by atoms with Crippen molar-refractivity contribution in [3.05, 3.63) is 0 Å². The monoisotopic (exact) mass is 309 g/mol. The topological polar surface area (TPSA) is 46.2 Å². The summed E-state index contributed by atoms with van der Waals surface area (Å²) in [5.41, 5.74) is 0. The van der Waals surface area contributed by atoms with Gasteiger partial charge in [0, 0.05) is 6.54 Å². The van der Waals surface area contributed by atoms with Crippen LogP contribution in [0.3, 0.4) is 0 Å². The van der Waals surface area contributed by atoms with Crippen molar-refractivity contribution in [2.75, 3.05) is 6.54 Å². The molecule has 0 heterocycles. The lowest BCUT2D eigenvalue weighted by Gasteiger charge is -2.23. The molecule has 0 amide bonds. The SMILES string of the molecule is O=S(=O)(NCCC1CCCCC1)C(F)(F)C(F)(F)F. The van der Waals surface area contributed by atoms with Crippen molar-refractivity contribution in [1.82, 2.24) is 4.72 Å². The molecular formula is C10H16F5NO2S. The van der Waals surface area contributed by atoms with Gasteiger partial charge in [-0.05, 0) is 12.3 Å². The Morgan fingerprint density at radius 1 is 1.00 bits per heavy atom. The summed E-state index contributed by atoms with van der Waals surface area (Å²) in [4.78, 5) is 0. The molecule has 3 nitrogen and oxygen atoms in total. The van der Waals surface area contributed by atoms with E-state index < -0.39 is 28.0 Å². The molecule has 1 saturated carbocycles. The zero-order valence-electron chi connectivity index (χ0n) is 10.1. The van der Waals surface area contributed by atoms with Crippen LogP contribution in [0.15, 0.2) is 0 Å². The highest BCUT2D eigenvalue weighted by Gasteiger charge is 2.67. The predicted octanol–water partition coefficient (Wildman–Crippen LogP) is 3.03. The number of halogens is 5. The molecule has 0 radical (unpaired) electrons. The van der Waals surface area contributed by atoms with Gasteiger partial charge in [-0.1, -0.05) is 32.1 Å². The molecule has 9 heteroatoms. The first-order valence-electron chi connectivity index (χ1n) is 6.01. The van der Waals surface area contributed by atoms with Crippen molar-refractivity contribution in [1.29, 1.82) is 0 Å². The fourth-order valence-corrected chi connectivity index (χ4v) is 2.99. The number of hydrogen-bond donors (Lipinski definition) is 1. The highest BCUT2D eigenvalue weighted by Crippen LogP contribution is 2.39. The van der Waals surface area contributed by atoms with Crippen LogP contribution in [0.25, 0.3) is 0 Å². The second-order valence-electron chi connectivity index (χ2n) is 4.71. The maximum Gasteiger partial charge on any atom is 0.470 e. The Kier molecular flexibility index (Phi) is 5.16. The second kappa shape index (κ2) is 5.90. The number of sulfonamides is 1. The molecule has 0 aliphatic heterocycles. The van der Waals surface area contributed by atoms with Crippen molar-refractivity contribution in [3.8, 4) is 0 Å². The third-order valence-corrected chi connectivity index (χ3v) is 4.73. The molecule has 0 unspecified atom stereocenters. The van der Waals surface area contributed by atoms with Gasteiger partial charge in [-0.3, -0.25) is 0 Å². The first kappa shape index (κ1) is 16.6. The van der Waals surface area contributed by atoms with E-state index in [2.05, 4.69) is 0 Å². The van der Waals surface area contributed by atoms with Gasteiger partial charge in [0.05, 0.1) is 0 Å². The molecular weight excluding hydrogens is 293 g/mol. The molecule has 0 atom stereocenters. The summed E-state index contributed by atoms with van der Waals surface area (Å²) in [6.45, 7) is -0.390. The first-order valence-corrected chi connectivity index (χ1v) is 7.50. The number of alkyl halides is 5. The molecule has 0 saturated heterocycles. The van der Waals surface area contributed by atoms with E-state index in [0.717, 1.165) is 32.1 Å². The molecule has 1 rings (SSSR count). The number of hydrogen-bond acceptors (Lipinski definition) is 2. The highest BCUT2D eigenvalue weighted by atomic mass is 32.2. The van der Waals surface area contributed by atoms with Gasteiger partial charge < -0.3 is 0 Å². The van der Waals surface area contributed by atoms with Crippen LogP contribution in [0.5, 0.6) is 0 Å². The quantitative estimate of drug-likeness (QED) is 0.794. The first-order chi connectivity index (χ1) is 8.58. The minimum Gasteiger partial charge on any atom is -0.210 e. The van der Waals surface area contributed by atoms with Gasteiger partial charge in [-0.15, -0.1) is 0 Å². The van der Waals surface area contributed by atoms with Crippen molar-refractivity contribution in [3.63, 3.8) is 0 Å². The Morgan fingerprint density at radius 3 is 2.00 bits per heavy atom.